The molecule has 0 aromatic carbocycles. The molecule has 0 unspecified atom stereocenters. The van der Waals surface area contributed by atoms with Crippen LogP contribution in [-0.4, -0.2) is 51.3 Å². The van der Waals surface area contributed by atoms with Crippen LogP contribution in [0.25, 0.3) is 0 Å². The van der Waals surface area contributed by atoms with E-state index >= 15 is 0 Å². The third-order valence-corrected chi connectivity index (χ3v) is 3.33. The Morgan fingerprint density at radius 3 is 2.26 bits per heavy atom. The highest BCUT2D eigenvalue weighted by Gasteiger charge is 2.26. The molecular weight excluding hydrogens is 292 g/mol. The first-order chi connectivity index (χ1) is 11.0. The monoisotopic (exact) mass is 328 g/mol. The van der Waals surface area contributed by atoms with Crippen LogP contribution < -0.4 is 16.0 Å². The Balaban J connectivity index is 4.19. The minimum Gasteiger partial charge on any atom is -0.381 e. The molecule has 6 heteroatoms. The molecule has 0 atom stereocenters. The number of nitrogens with one attached hydrogen (secondary N) is 3. The molecule has 3 N–H and O–H groups in total. The lowest BCUT2D eigenvalue weighted by Gasteiger charge is -2.22. The molecule has 6 nitrogen and oxygen atoms in total. The SMILES string of the molecule is CCCCOCCCNC(=NCC(C)(C)C(=O)NCC)NCC. The number of rotatable bonds is 12. The maximum Gasteiger partial charge on any atom is 0.227 e. The van der Waals surface area contributed by atoms with E-state index in [2.05, 4.69) is 27.9 Å². The number of nitrogens with zero attached hydrogens (tertiary/aromatic N) is 1. The van der Waals surface area contributed by atoms with Crippen LogP contribution in [0.5, 0.6) is 0 Å². The second-order valence-electron chi connectivity index (χ2n) is 6.18. The van der Waals surface area contributed by atoms with Crippen LogP contribution in [0.1, 0.15) is 53.9 Å². The predicted molar refractivity (Wildman–Crippen MR) is 96.8 cm³/mol. The van der Waals surface area contributed by atoms with Gasteiger partial charge in [0, 0.05) is 32.8 Å². The van der Waals surface area contributed by atoms with Gasteiger partial charge in [0.2, 0.25) is 5.91 Å². The number of hydrogen-bond acceptors (Lipinski definition) is 3. The van der Waals surface area contributed by atoms with Crippen molar-refractivity contribution in [3.8, 4) is 0 Å². The van der Waals surface area contributed by atoms with Gasteiger partial charge in [0.15, 0.2) is 5.96 Å². The van der Waals surface area contributed by atoms with E-state index in [0.717, 1.165) is 51.5 Å². The van der Waals surface area contributed by atoms with Gasteiger partial charge in [0.05, 0.1) is 12.0 Å². The van der Waals surface area contributed by atoms with E-state index in [-0.39, 0.29) is 5.91 Å². The third-order valence-electron chi connectivity index (χ3n) is 3.33. The molecule has 0 aliphatic rings. The van der Waals surface area contributed by atoms with Crippen LogP contribution in [0.15, 0.2) is 4.99 Å². The van der Waals surface area contributed by atoms with Gasteiger partial charge in [-0.25, -0.2) is 0 Å². The molecule has 0 aromatic heterocycles. The Labute approximate surface area is 141 Å². The zero-order valence-corrected chi connectivity index (χ0v) is 15.6. The van der Waals surface area contributed by atoms with Gasteiger partial charge in [-0.15, -0.1) is 0 Å². The molecule has 1 amide bonds. The summed E-state index contributed by atoms with van der Waals surface area (Å²) in [7, 11) is 0. The number of carbonyl (C=O) groups is 1. The van der Waals surface area contributed by atoms with Gasteiger partial charge in [-0.05, 0) is 40.5 Å². The van der Waals surface area contributed by atoms with Crippen LogP contribution in [0.2, 0.25) is 0 Å². The average molecular weight is 329 g/mol. The molecular formula is C17H36N4O2. The van der Waals surface area contributed by atoms with Crippen LogP contribution in [0.3, 0.4) is 0 Å². The summed E-state index contributed by atoms with van der Waals surface area (Å²) in [6, 6.07) is 0. The highest BCUT2D eigenvalue weighted by atomic mass is 16.5. The molecule has 0 saturated heterocycles. The molecule has 0 spiro atoms. The molecule has 23 heavy (non-hydrogen) atoms. The van der Waals surface area contributed by atoms with Crippen molar-refractivity contribution >= 4 is 11.9 Å². The van der Waals surface area contributed by atoms with Gasteiger partial charge >= 0.3 is 0 Å². The van der Waals surface area contributed by atoms with E-state index in [4.69, 9.17) is 4.74 Å². The number of ether oxygens (including phenoxy) is 1. The molecule has 0 fully saturated rings. The minimum absolute atomic E-state index is 0.0314. The van der Waals surface area contributed by atoms with Crippen molar-refractivity contribution in [1.29, 1.82) is 0 Å². The molecule has 0 aliphatic heterocycles. The smallest absolute Gasteiger partial charge is 0.227 e. The molecule has 0 rings (SSSR count). The first-order valence-electron chi connectivity index (χ1n) is 8.86. The van der Waals surface area contributed by atoms with Crippen molar-refractivity contribution in [3.63, 3.8) is 0 Å². The number of guanidine groups is 1. The van der Waals surface area contributed by atoms with E-state index in [1.807, 2.05) is 27.7 Å². The van der Waals surface area contributed by atoms with Crippen molar-refractivity contribution in [2.75, 3.05) is 39.4 Å². The maximum atomic E-state index is 12.0. The Hall–Kier alpha value is -1.30. The molecule has 0 aliphatic carbocycles. The van der Waals surface area contributed by atoms with Gasteiger partial charge in [-0.1, -0.05) is 13.3 Å². The summed E-state index contributed by atoms with van der Waals surface area (Å²) < 4.78 is 5.54. The average Bonchev–Trinajstić information content (AvgIpc) is 2.51. The number of hydrogen-bond donors (Lipinski definition) is 3. The van der Waals surface area contributed by atoms with Crippen molar-refractivity contribution in [2.45, 2.75) is 53.9 Å². The van der Waals surface area contributed by atoms with E-state index in [9.17, 15) is 4.79 Å². The maximum absolute atomic E-state index is 12.0. The zero-order chi connectivity index (χ0) is 17.6. The van der Waals surface area contributed by atoms with Crippen molar-refractivity contribution in [2.24, 2.45) is 10.4 Å². The van der Waals surface area contributed by atoms with Crippen molar-refractivity contribution in [1.82, 2.24) is 16.0 Å². The Morgan fingerprint density at radius 1 is 1.00 bits per heavy atom. The first-order valence-corrected chi connectivity index (χ1v) is 8.86. The molecule has 0 heterocycles. The van der Waals surface area contributed by atoms with E-state index in [1.54, 1.807) is 0 Å². The summed E-state index contributed by atoms with van der Waals surface area (Å²) in [4.78, 5) is 16.5. The molecule has 136 valence electrons. The summed E-state index contributed by atoms with van der Waals surface area (Å²) in [6.07, 6.45) is 3.22. The zero-order valence-electron chi connectivity index (χ0n) is 15.6. The second-order valence-corrected chi connectivity index (χ2v) is 6.18. The predicted octanol–water partition coefficient (Wildman–Crippen LogP) is 1.91. The van der Waals surface area contributed by atoms with Gasteiger partial charge < -0.3 is 20.7 Å². The number of aliphatic imine (C=N–C) groups is 1. The quantitative estimate of drug-likeness (QED) is 0.291. The minimum atomic E-state index is -0.512. The fraction of sp³-hybridized carbons (Fsp3) is 0.882. The fourth-order valence-corrected chi connectivity index (χ4v) is 1.82. The highest BCUT2D eigenvalue weighted by molar-refractivity contribution is 5.83. The molecule has 0 bridgehead atoms. The molecule has 0 radical (unpaired) electrons. The molecule has 0 aromatic rings. The normalized spacial score (nSPS) is 12.1. The van der Waals surface area contributed by atoms with Gasteiger partial charge in [0.1, 0.15) is 0 Å². The Bertz CT molecular complexity index is 343. The second kappa shape index (κ2) is 13.2. The van der Waals surface area contributed by atoms with Crippen LogP contribution in [-0.2, 0) is 9.53 Å². The number of amides is 1. The topological polar surface area (TPSA) is 74.8 Å². The summed E-state index contributed by atoms with van der Waals surface area (Å²) >= 11 is 0. The van der Waals surface area contributed by atoms with Gasteiger partial charge in [0.25, 0.3) is 0 Å². The first kappa shape index (κ1) is 21.7. The third kappa shape index (κ3) is 11.0. The summed E-state index contributed by atoms with van der Waals surface area (Å²) in [5, 5.41) is 9.34. The van der Waals surface area contributed by atoms with Crippen LogP contribution in [0.4, 0.5) is 0 Å². The number of unbranched alkanes of at least 4 members (excludes halogenated alkanes) is 1. The highest BCUT2D eigenvalue weighted by Crippen LogP contribution is 2.15. The Morgan fingerprint density at radius 2 is 1.65 bits per heavy atom. The van der Waals surface area contributed by atoms with Crippen molar-refractivity contribution < 1.29 is 9.53 Å². The lowest BCUT2D eigenvalue weighted by Crippen LogP contribution is -2.42. The summed E-state index contributed by atoms with van der Waals surface area (Å²) in [6.45, 7) is 14.2. The largest absolute Gasteiger partial charge is 0.381 e. The number of carbonyl (C=O) groups excluding carboxylic acids is 1. The van der Waals surface area contributed by atoms with Gasteiger partial charge in [-0.2, -0.15) is 0 Å². The molecule has 0 saturated carbocycles. The van der Waals surface area contributed by atoms with E-state index in [0.29, 0.717) is 13.1 Å². The Kier molecular flexibility index (Phi) is 12.4. The summed E-state index contributed by atoms with van der Waals surface area (Å²) in [5.74, 6) is 0.780. The van der Waals surface area contributed by atoms with Gasteiger partial charge in [-0.3, -0.25) is 9.79 Å². The van der Waals surface area contributed by atoms with E-state index in [1.165, 1.54) is 0 Å². The fourth-order valence-electron chi connectivity index (χ4n) is 1.82. The van der Waals surface area contributed by atoms with Crippen LogP contribution >= 0.6 is 0 Å². The lowest BCUT2D eigenvalue weighted by atomic mass is 9.92. The van der Waals surface area contributed by atoms with Crippen molar-refractivity contribution in [3.05, 3.63) is 0 Å². The standard InChI is InChI=1S/C17H36N4O2/c1-6-9-12-23-13-10-11-20-16(19-8-3)21-14-17(4,5)15(22)18-7-2/h6-14H2,1-5H3,(H,18,22)(H2,19,20,21). The summed E-state index contributed by atoms with van der Waals surface area (Å²) in [5.41, 5.74) is -0.512. The van der Waals surface area contributed by atoms with E-state index < -0.39 is 5.41 Å². The van der Waals surface area contributed by atoms with Crippen LogP contribution in [0, 0.1) is 5.41 Å². The lowest BCUT2D eigenvalue weighted by molar-refractivity contribution is -0.128.